The molecule has 3 heteroatoms. The Hall–Kier alpha value is -0.380. The minimum absolute atomic E-state index is 0.0649. The first-order valence-corrected chi connectivity index (χ1v) is 5.24. The van der Waals surface area contributed by atoms with Crippen molar-refractivity contribution < 1.29 is 14.2 Å². The van der Waals surface area contributed by atoms with Crippen molar-refractivity contribution in [3.8, 4) is 0 Å². The van der Waals surface area contributed by atoms with E-state index in [4.69, 9.17) is 14.2 Å². The van der Waals surface area contributed by atoms with E-state index in [2.05, 4.69) is 12.2 Å². The van der Waals surface area contributed by atoms with Gasteiger partial charge in [0.25, 0.3) is 0 Å². The Morgan fingerprint density at radius 2 is 1.50 bits per heavy atom. The quantitative estimate of drug-likeness (QED) is 0.625. The predicted octanol–water partition coefficient (Wildman–Crippen LogP) is 1.40. The molecular weight excluding hydrogens is 180 g/mol. The molecule has 0 N–H and O–H groups in total. The van der Waals surface area contributed by atoms with Crippen LogP contribution < -0.4 is 0 Å². The summed E-state index contributed by atoms with van der Waals surface area (Å²) in [6.07, 6.45) is 5.77. The lowest BCUT2D eigenvalue weighted by Gasteiger charge is -2.23. The highest BCUT2D eigenvalue weighted by atomic mass is 16.8. The summed E-state index contributed by atoms with van der Waals surface area (Å²) in [5, 5.41) is 0. The van der Waals surface area contributed by atoms with Crippen LogP contribution in [0.3, 0.4) is 0 Å². The zero-order chi connectivity index (χ0) is 9.71. The summed E-state index contributed by atoms with van der Waals surface area (Å²) < 4.78 is 16.5. The molecule has 14 heavy (non-hydrogen) atoms. The monoisotopic (exact) mass is 196 g/mol. The second kappa shape index (κ2) is 3.05. The first-order chi connectivity index (χ1) is 6.85. The van der Waals surface area contributed by atoms with Gasteiger partial charge in [-0.25, -0.2) is 0 Å². The fraction of sp³-hybridized carbons (Fsp3) is 0.818. The van der Waals surface area contributed by atoms with Gasteiger partial charge in [0, 0.05) is 26.1 Å². The number of hydrogen-bond donors (Lipinski definition) is 0. The minimum atomic E-state index is -0.0649. The van der Waals surface area contributed by atoms with Crippen molar-refractivity contribution in [3.05, 3.63) is 12.2 Å². The molecule has 1 saturated carbocycles. The Bertz CT molecular complexity index is 239. The highest BCUT2D eigenvalue weighted by Gasteiger charge is 2.57. The lowest BCUT2D eigenvalue weighted by molar-refractivity contribution is -0.202. The van der Waals surface area contributed by atoms with Crippen LogP contribution in [0.1, 0.15) is 6.42 Å². The Morgan fingerprint density at radius 1 is 1.00 bits per heavy atom. The summed E-state index contributed by atoms with van der Waals surface area (Å²) in [7, 11) is 3.44. The number of methoxy groups -OCH3 is 2. The molecule has 2 bridgehead atoms. The van der Waals surface area contributed by atoms with Gasteiger partial charge in [0.05, 0.1) is 0 Å². The van der Waals surface area contributed by atoms with E-state index in [-0.39, 0.29) is 12.6 Å². The van der Waals surface area contributed by atoms with Crippen molar-refractivity contribution in [1.29, 1.82) is 0 Å². The van der Waals surface area contributed by atoms with E-state index in [9.17, 15) is 0 Å². The molecule has 2 fully saturated rings. The van der Waals surface area contributed by atoms with Crippen LogP contribution in [0.5, 0.6) is 0 Å². The fourth-order valence-electron chi connectivity index (χ4n) is 3.40. The molecule has 2 aliphatic carbocycles. The summed E-state index contributed by atoms with van der Waals surface area (Å²) in [4.78, 5) is 0. The van der Waals surface area contributed by atoms with Gasteiger partial charge in [-0.2, -0.15) is 0 Å². The van der Waals surface area contributed by atoms with E-state index in [1.165, 1.54) is 6.42 Å². The van der Waals surface area contributed by atoms with E-state index in [1.54, 1.807) is 14.2 Å². The van der Waals surface area contributed by atoms with Crippen LogP contribution in [-0.4, -0.2) is 26.8 Å². The van der Waals surface area contributed by atoms with Crippen molar-refractivity contribution in [1.82, 2.24) is 0 Å². The second-order valence-electron chi connectivity index (χ2n) is 4.45. The van der Waals surface area contributed by atoms with Crippen molar-refractivity contribution >= 4 is 0 Å². The van der Waals surface area contributed by atoms with Crippen LogP contribution in [0, 0.1) is 23.7 Å². The maximum absolute atomic E-state index is 5.72. The van der Waals surface area contributed by atoms with Crippen LogP contribution in [0.25, 0.3) is 0 Å². The van der Waals surface area contributed by atoms with E-state index in [0.717, 1.165) is 0 Å². The minimum Gasteiger partial charge on any atom is -0.355 e. The fourth-order valence-corrected chi connectivity index (χ4v) is 3.40. The smallest absolute Gasteiger partial charge is 0.164 e. The molecule has 0 aromatic carbocycles. The van der Waals surface area contributed by atoms with Crippen molar-refractivity contribution in [2.45, 2.75) is 19.0 Å². The first kappa shape index (κ1) is 8.89. The zero-order valence-corrected chi connectivity index (χ0v) is 8.55. The number of hydrogen-bond acceptors (Lipinski definition) is 3. The van der Waals surface area contributed by atoms with Crippen molar-refractivity contribution in [2.75, 3.05) is 14.2 Å². The average molecular weight is 196 g/mol. The molecule has 0 radical (unpaired) electrons. The molecule has 1 aliphatic heterocycles. The first-order valence-electron chi connectivity index (χ1n) is 5.24. The number of allylic oxidation sites excluding steroid dienone is 2. The number of ether oxygens (including phenoxy) is 3. The summed E-state index contributed by atoms with van der Waals surface area (Å²) >= 11 is 0. The Kier molecular flexibility index (Phi) is 1.94. The van der Waals surface area contributed by atoms with E-state index < -0.39 is 0 Å². The van der Waals surface area contributed by atoms with Gasteiger partial charge < -0.3 is 14.2 Å². The van der Waals surface area contributed by atoms with Gasteiger partial charge in [-0.15, -0.1) is 0 Å². The van der Waals surface area contributed by atoms with Crippen LogP contribution in [0.4, 0.5) is 0 Å². The summed E-state index contributed by atoms with van der Waals surface area (Å²) in [6, 6.07) is 0. The molecule has 1 heterocycles. The molecule has 1 saturated heterocycles. The average Bonchev–Trinajstić information content (AvgIpc) is 2.88. The molecular formula is C11H16O3. The van der Waals surface area contributed by atoms with Crippen LogP contribution in [0.2, 0.25) is 0 Å². The van der Waals surface area contributed by atoms with Gasteiger partial charge in [-0.05, 0) is 18.3 Å². The maximum Gasteiger partial charge on any atom is 0.164 e. The third-order valence-corrected chi connectivity index (χ3v) is 3.94. The van der Waals surface area contributed by atoms with Crippen LogP contribution >= 0.6 is 0 Å². The molecule has 3 aliphatic rings. The third kappa shape index (κ3) is 0.977. The molecule has 0 aromatic heterocycles. The van der Waals surface area contributed by atoms with Gasteiger partial charge >= 0.3 is 0 Å². The summed E-state index contributed by atoms with van der Waals surface area (Å²) in [5.74, 6) is 2.32. The third-order valence-electron chi connectivity index (χ3n) is 3.94. The molecule has 3 nitrogen and oxygen atoms in total. The van der Waals surface area contributed by atoms with Crippen molar-refractivity contribution in [3.63, 3.8) is 0 Å². The normalized spacial score (nSPS) is 54.1. The standard InChI is InChI=1S/C11H16O3/c1-12-10-8-6-3-4-7(5-6)9(8)11(13-2)14-10/h3-4,6-11H,5H2,1-2H3/t6-,7-,8+,9+,10-,11-/m0/s1. The Labute approximate surface area is 84.0 Å². The van der Waals surface area contributed by atoms with Crippen LogP contribution in [0.15, 0.2) is 12.2 Å². The van der Waals surface area contributed by atoms with Gasteiger partial charge in [0.1, 0.15) is 0 Å². The van der Waals surface area contributed by atoms with Gasteiger partial charge in [0.15, 0.2) is 12.6 Å². The number of rotatable bonds is 2. The zero-order valence-electron chi connectivity index (χ0n) is 8.55. The molecule has 78 valence electrons. The number of fused-ring (bicyclic) bond motifs is 5. The second-order valence-corrected chi connectivity index (χ2v) is 4.45. The lowest BCUT2D eigenvalue weighted by Crippen LogP contribution is -2.27. The molecule has 0 aromatic rings. The molecule has 0 unspecified atom stereocenters. The van der Waals surface area contributed by atoms with E-state index in [1.807, 2.05) is 0 Å². The van der Waals surface area contributed by atoms with Gasteiger partial charge in [-0.3, -0.25) is 0 Å². The van der Waals surface area contributed by atoms with Crippen LogP contribution in [-0.2, 0) is 14.2 Å². The lowest BCUT2D eigenvalue weighted by atomic mass is 9.84. The van der Waals surface area contributed by atoms with Gasteiger partial charge in [0.2, 0.25) is 0 Å². The molecule has 0 amide bonds. The Balaban J connectivity index is 1.89. The SMILES string of the molecule is CO[C@H]1O[C@H](OC)[C@H]2[C@H]1[C@H]1C=C[C@H]2C1. The maximum atomic E-state index is 5.72. The molecule has 3 rings (SSSR count). The largest absolute Gasteiger partial charge is 0.355 e. The Morgan fingerprint density at radius 3 is 1.93 bits per heavy atom. The van der Waals surface area contributed by atoms with Gasteiger partial charge in [-0.1, -0.05) is 12.2 Å². The summed E-state index contributed by atoms with van der Waals surface area (Å²) in [6.45, 7) is 0. The van der Waals surface area contributed by atoms with E-state index >= 15 is 0 Å². The highest BCUT2D eigenvalue weighted by Crippen LogP contribution is 2.55. The van der Waals surface area contributed by atoms with Crippen molar-refractivity contribution in [2.24, 2.45) is 23.7 Å². The predicted molar refractivity (Wildman–Crippen MR) is 50.4 cm³/mol. The molecule has 6 atom stereocenters. The molecule has 0 spiro atoms. The highest BCUT2D eigenvalue weighted by molar-refractivity contribution is 5.16. The topological polar surface area (TPSA) is 27.7 Å². The summed E-state index contributed by atoms with van der Waals surface area (Å²) in [5.41, 5.74) is 0. The van der Waals surface area contributed by atoms with E-state index in [0.29, 0.717) is 23.7 Å².